The third-order valence-electron chi connectivity index (χ3n) is 5.29. The van der Waals surface area contributed by atoms with Crippen molar-refractivity contribution in [3.8, 4) is 11.3 Å². The van der Waals surface area contributed by atoms with E-state index in [1.165, 1.54) is 4.52 Å². The van der Waals surface area contributed by atoms with Gasteiger partial charge in [0.15, 0.2) is 21.3 Å². The van der Waals surface area contributed by atoms with Crippen molar-refractivity contribution in [2.24, 2.45) is 5.92 Å². The molecule has 0 saturated carbocycles. The Bertz CT molecular complexity index is 1240. The summed E-state index contributed by atoms with van der Waals surface area (Å²) < 4.78 is 26.8. The van der Waals surface area contributed by atoms with E-state index in [1.54, 1.807) is 30.0 Å². The van der Waals surface area contributed by atoms with Gasteiger partial charge in [0.25, 0.3) is 0 Å². The van der Waals surface area contributed by atoms with Crippen molar-refractivity contribution < 1.29 is 18.3 Å². The predicted molar refractivity (Wildman–Crippen MR) is 114 cm³/mol. The lowest BCUT2D eigenvalue weighted by atomic mass is 9.98. The number of aromatic nitrogens is 3. The van der Waals surface area contributed by atoms with E-state index in [9.17, 15) is 18.3 Å². The summed E-state index contributed by atoms with van der Waals surface area (Å²) in [6.07, 6.45) is 2.34. The summed E-state index contributed by atoms with van der Waals surface area (Å²) in [5.41, 5.74) is 2.30. The Labute approximate surface area is 179 Å². The summed E-state index contributed by atoms with van der Waals surface area (Å²) in [7, 11) is -3.63. The Hall–Kier alpha value is -2.65. The minimum atomic E-state index is -3.63. The Balaban J connectivity index is 1.94. The lowest BCUT2D eigenvalue weighted by Gasteiger charge is -2.33. The molecule has 0 amide bonds. The summed E-state index contributed by atoms with van der Waals surface area (Å²) in [6.45, 7) is 2.40. The van der Waals surface area contributed by atoms with Gasteiger partial charge in [-0.1, -0.05) is 23.7 Å². The predicted octanol–water partition coefficient (Wildman–Crippen LogP) is 3.06. The maximum atomic E-state index is 12.7. The monoisotopic (exact) mass is 448 g/mol. The number of benzene rings is 1. The van der Waals surface area contributed by atoms with Gasteiger partial charge in [-0.15, -0.1) is 0 Å². The maximum Gasteiger partial charge on any atom is 0.308 e. The number of aryl methyl sites for hydroxylation is 1. The summed E-state index contributed by atoms with van der Waals surface area (Å²) in [5.74, 6) is -1.09. The van der Waals surface area contributed by atoms with Gasteiger partial charge in [-0.3, -0.25) is 4.79 Å². The smallest absolute Gasteiger partial charge is 0.308 e. The van der Waals surface area contributed by atoms with E-state index in [0.717, 1.165) is 11.8 Å². The number of piperidine rings is 1. The molecule has 0 spiro atoms. The van der Waals surface area contributed by atoms with E-state index in [-0.39, 0.29) is 11.4 Å². The number of rotatable bonds is 4. The first kappa shape index (κ1) is 20.6. The van der Waals surface area contributed by atoms with Crippen LogP contribution < -0.4 is 4.90 Å². The average Bonchev–Trinajstić information content (AvgIpc) is 3.10. The van der Waals surface area contributed by atoms with Gasteiger partial charge in [0.1, 0.15) is 4.90 Å². The molecule has 1 aromatic carbocycles. The average molecular weight is 449 g/mol. The number of nitrogens with zero attached hydrogens (tertiary/aromatic N) is 4. The summed E-state index contributed by atoms with van der Waals surface area (Å²) in [6, 6.07) is 8.95. The van der Waals surface area contributed by atoms with Crippen molar-refractivity contribution in [2.75, 3.05) is 24.2 Å². The maximum absolute atomic E-state index is 12.7. The summed E-state index contributed by atoms with van der Waals surface area (Å²) in [4.78, 5) is 17.9. The van der Waals surface area contributed by atoms with Crippen molar-refractivity contribution in [1.82, 2.24) is 14.6 Å². The molecule has 3 heterocycles. The number of carboxylic acid groups (broad SMARTS) is 1. The van der Waals surface area contributed by atoms with Crippen LogP contribution >= 0.6 is 11.6 Å². The minimum absolute atomic E-state index is 0.0757. The Morgan fingerprint density at radius 3 is 2.60 bits per heavy atom. The fraction of sp³-hybridized carbons (Fsp3) is 0.350. The van der Waals surface area contributed by atoms with Crippen LogP contribution in [0, 0.1) is 12.8 Å². The first-order valence-electron chi connectivity index (χ1n) is 9.49. The Morgan fingerprint density at radius 1 is 1.27 bits per heavy atom. The van der Waals surface area contributed by atoms with Gasteiger partial charge in [0.2, 0.25) is 0 Å². The molecule has 2 aromatic heterocycles. The standard InChI is InChI=1S/C20H21ClN4O4S/c1-12-18(30(2,28)29)19(24-9-3-4-14(11-24)20(26)27)25-17(22-12)10-16(23-25)13-5-7-15(21)8-6-13/h5-8,10,14H,3-4,9,11H2,1-2H3,(H,26,27). The molecular weight excluding hydrogens is 428 g/mol. The van der Waals surface area contributed by atoms with Crippen LogP contribution in [0.2, 0.25) is 5.02 Å². The fourth-order valence-electron chi connectivity index (χ4n) is 3.93. The third-order valence-corrected chi connectivity index (χ3v) is 6.76. The molecule has 4 rings (SSSR count). The lowest BCUT2D eigenvalue weighted by Crippen LogP contribution is -2.40. The zero-order chi connectivity index (χ0) is 21.6. The topological polar surface area (TPSA) is 105 Å². The van der Waals surface area contributed by atoms with E-state index in [0.29, 0.717) is 47.3 Å². The van der Waals surface area contributed by atoms with E-state index < -0.39 is 21.7 Å². The Kier molecular flexibility index (Phi) is 5.19. The number of sulfone groups is 1. The van der Waals surface area contributed by atoms with Crippen molar-refractivity contribution in [1.29, 1.82) is 0 Å². The van der Waals surface area contributed by atoms with E-state index in [1.807, 2.05) is 12.1 Å². The largest absolute Gasteiger partial charge is 0.481 e. The van der Waals surface area contributed by atoms with Crippen LogP contribution in [0.25, 0.3) is 16.9 Å². The molecule has 1 aliphatic heterocycles. The highest BCUT2D eigenvalue weighted by atomic mass is 35.5. The quantitative estimate of drug-likeness (QED) is 0.653. The molecule has 3 aromatic rings. The van der Waals surface area contributed by atoms with Crippen LogP contribution in [0.4, 0.5) is 5.82 Å². The van der Waals surface area contributed by atoms with Crippen molar-refractivity contribution in [3.63, 3.8) is 0 Å². The lowest BCUT2D eigenvalue weighted by molar-refractivity contribution is -0.141. The molecule has 1 aliphatic rings. The zero-order valence-corrected chi connectivity index (χ0v) is 18.1. The molecule has 1 saturated heterocycles. The normalized spacial score (nSPS) is 17.4. The number of fused-ring (bicyclic) bond motifs is 1. The van der Waals surface area contributed by atoms with Gasteiger partial charge in [-0.25, -0.2) is 13.4 Å². The number of hydrogen-bond donors (Lipinski definition) is 1. The summed E-state index contributed by atoms with van der Waals surface area (Å²) in [5, 5.41) is 14.7. The van der Waals surface area contributed by atoms with E-state index >= 15 is 0 Å². The molecular formula is C20H21ClN4O4S. The molecule has 0 radical (unpaired) electrons. The SMILES string of the molecule is Cc1nc2cc(-c3ccc(Cl)cc3)nn2c(N2CCCC(C(=O)O)C2)c1S(C)(=O)=O. The van der Waals surface area contributed by atoms with Crippen LogP contribution in [0.5, 0.6) is 0 Å². The number of hydrogen-bond acceptors (Lipinski definition) is 6. The minimum Gasteiger partial charge on any atom is -0.481 e. The van der Waals surface area contributed by atoms with Gasteiger partial charge in [-0.05, 0) is 31.9 Å². The number of halogens is 1. The van der Waals surface area contributed by atoms with E-state index in [4.69, 9.17) is 11.6 Å². The molecule has 30 heavy (non-hydrogen) atoms. The van der Waals surface area contributed by atoms with Crippen LogP contribution in [-0.4, -0.2) is 53.4 Å². The molecule has 1 unspecified atom stereocenters. The van der Waals surface area contributed by atoms with Gasteiger partial charge >= 0.3 is 5.97 Å². The van der Waals surface area contributed by atoms with Gasteiger partial charge in [-0.2, -0.15) is 9.61 Å². The van der Waals surface area contributed by atoms with Crippen LogP contribution in [0.3, 0.4) is 0 Å². The van der Waals surface area contributed by atoms with Crippen LogP contribution in [-0.2, 0) is 14.6 Å². The molecule has 0 aliphatic carbocycles. The molecule has 1 fully saturated rings. The third kappa shape index (κ3) is 3.75. The highest BCUT2D eigenvalue weighted by Gasteiger charge is 2.32. The number of anilines is 1. The molecule has 1 N–H and O–H groups in total. The fourth-order valence-corrected chi connectivity index (χ4v) is 5.19. The molecule has 158 valence electrons. The summed E-state index contributed by atoms with van der Waals surface area (Å²) >= 11 is 5.98. The second-order valence-corrected chi connectivity index (χ2v) is 9.94. The van der Waals surface area contributed by atoms with Crippen molar-refractivity contribution >= 4 is 38.9 Å². The van der Waals surface area contributed by atoms with Gasteiger partial charge < -0.3 is 10.0 Å². The first-order chi connectivity index (χ1) is 14.1. The van der Waals surface area contributed by atoms with Crippen LogP contribution in [0.15, 0.2) is 35.2 Å². The second-order valence-electron chi connectivity index (χ2n) is 7.55. The van der Waals surface area contributed by atoms with E-state index in [2.05, 4.69) is 10.1 Å². The van der Waals surface area contributed by atoms with Crippen LogP contribution in [0.1, 0.15) is 18.5 Å². The Morgan fingerprint density at radius 2 is 1.97 bits per heavy atom. The second kappa shape index (κ2) is 7.55. The van der Waals surface area contributed by atoms with Gasteiger partial charge in [0, 0.05) is 36.0 Å². The number of carbonyl (C=O) groups is 1. The van der Waals surface area contributed by atoms with Gasteiger partial charge in [0.05, 0.1) is 17.3 Å². The highest BCUT2D eigenvalue weighted by Crippen LogP contribution is 2.33. The molecule has 0 bridgehead atoms. The van der Waals surface area contributed by atoms with Crippen molar-refractivity contribution in [3.05, 3.63) is 41.0 Å². The molecule has 1 atom stereocenters. The van der Waals surface area contributed by atoms with Crippen molar-refractivity contribution in [2.45, 2.75) is 24.7 Å². The first-order valence-corrected chi connectivity index (χ1v) is 11.8. The number of aliphatic carboxylic acids is 1. The zero-order valence-electron chi connectivity index (χ0n) is 16.5. The molecule has 10 heteroatoms. The number of carboxylic acids is 1. The highest BCUT2D eigenvalue weighted by molar-refractivity contribution is 7.91. The molecule has 8 nitrogen and oxygen atoms in total.